The predicted octanol–water partition coefficient (Wildman–Crippen LogP) is 6.33. The number of hydrogen-bond acceptors (Lipinski definition) is 4. The summed E-state index contributed by atoms with van der Waals surface area (Å²) >= 11 is 0. The van der Waals surface area contributed by atoms with Crippen molar-refractivity contribution in [1.82, 2.24) is 0 Å². The van der Waals surface area contributed by atoms with Crippen molar-refractivity contribution in [3.05, 3.63) is 46.5 Å². The zero-order valence-electron chi connectivity index (χ0n) is 20.0. The molecule has 0 amide bonds. The average molecular weight is 445 g/mol. The van der Waals surface area contributed by atoms with E-state index in [1.165, 1.54) is 11.1 Å². The molecule has 0 radical (unpaired) electrons. The van der Waals surface area contributed by atoms with Gasteiger partial charge in [0.15, 0.2) is 0 Å². The Morgan fingerprint density at radius 1 is 0.879 bits per heavy atom. The summed E-state index contributed by atoms with van der Waals surface area (Å²) < 4.78 is 14.0. The van der Waals surface area contributed by atoms with E-state index in [1.54, 1.807) is 12.1 Å². The average Bonchev–Trinajstić information content (AvgIpc) is 2.95. The lowest BCUT2D eigenvalue weighted by Crippen LogP contribution is -2.53. The first-order valence-electron chi connectivity index (χ1n) is 12.6. The second kappa shape index (κ2) is 5.07. The van der Waals surface area contributed by atoms with Crippen LogP contribution in [0.2, 0.25) is 0 Å². The van der Waals surface area contributed by atoms with E-state index in [0.717, 1.165) is 36.1 Å². The van der Waals surface area contributed by atoms with Crippen LogP contribution in [0.1, 0.15) is 81.5 Å². The van der Waals surface area contributed by atoms with E-state index in [1.807, 2.05) is 12.1 Å². The molecule has 1 spiro atoms. The van der Waals surface area contributed by atoms with Crippen LogP contribution in [0.5, 0.6) is 23.0 Å². The molecule has 8 rings (SSSR count). The van der Waals surface area contributed by atoms with Crippen LogP contribution in [0, 0.1) is 28.6 Å². The molecule has 4 aliphatic carbocycles. The molecular formula is C29H32O4. The van der Waals surface area contributed by atoms with Gasteiger partial charge < -0.3 is 19.7 Å². The highest BCUT2D eigenvalue weighted by molar-refractivity contribution is 5.67. The van der Waals surface area contributed by atoms with Crippen LogP contribution in [-0.2, 0) is 16.8 Å². The first-order chi connectivity index (χ1) is 15.5. The standard InChI is InChI=1S/C29H32O4/c1-26(2)16-9-14-19(31)10-21-23(22(14)16)25-27(3,4)24-17(26)11-28(5)12-18(24)29(25,33-28)15-7-6-13(30)8-20(15)32-21/h6-8,10,16-18,24-25,30-31H,9,11-12H2,1-5H3. The van der Waals surface area contributed by atoms with Crippen LogP contribution in [0.25, 0.3) is 0 Å². The molecule has 7 unspecified atom stereocenters. The Hall–Kier alpha value is -2.20. The van der Waals surface area contributed by atoms with E-state index in [9.17, 15) is 10.2 Å². The van der Waals surface area contributed by atoms with Crippen molar-refractivity contribution in [1.29, 1.82) is 0 Å². The molecule has 2 N–H and O–H groups in total. The lowest BCUT2D eigenvalue weighted by atomic mass is 9.46. The first-order valence-corrected chi connectivity index (χ1v) is 12.6. The van der Waals surface area contributed by atoms with E-state index in [4.69, 9.17) is 9.47 Å². The maximum absolute atomic E-state index is 11.0. The predicted molar refractivity (Wildman–Crippen MR) is 124 cm³/mol. The number of rotatable bonds is 0. The smallest absolute Gasteiger partial charge is 0.137 e. The molecule has 2 aliphatic heterocycles. The summed E-state index contributed by atoms with van der Waals surface area (Å²) in [5.41, 5.74) is 4.28. The van der Waals surface area contributed by atoms with Gasteiger partial charge in [-0.15, -0.1) is 0 Å². The summed E-state index contributed by atoms with van der Waals surface area (Å²) in [7, 11) is 0. The number of aromatic hydroxyl groups is 2. The first kappa shape index (κ1) is 19.1. The van der Waals surface area contributed by atoms with Gasteiger partial charge in [-0.2, -0.15) is 0 Å². The van der Waals surface area contributed by atoms with Crippen molar-refractivity contribution in [2.75, 3.05) is 0 Å². The molecule has 4 bridgehead atoms. The highest BCUT2D eigenvalue weighted by Crippen LogP contribution is 2.82. The lowest BCUT2D eigenvalue weighted by Gasteiger charge is -2.59. The van der Waals surface area contributed by atoms with Gasteiger partial charge in [0, 0.05) is 29.2 Å². The highest BCUT2D eigenvalue weighted by Gasteiger charge is 2.78. The maximum atomic E-state index is 11.0. The monoisotopic (exact) mass is 444 g/mol. The van der Waals surface area contributed by atoms with Gasteiger partial charge in [-0.3, -0.25) is 0 Å². The lowest BCUT2D eigenvalue weighted by molar-refractivity contribution is -0.148. The van der Waals surface area contributed by atoms with E-state index in [-0.39, 0.29) is 28.1 Å². The Morgan fingerprint density at radius 2 is 1.64 bits per heavy atom. The van der Waals surface area contributed by atoms with E-state index >= 15 is 0 Å². The number of phenolic OH excluding ortho intramolecular Hbond substituents is 2. The summed E-state index contributed by atoms with van der Waals surface area (Å²) in [6.45, 7) is 12.2. The number of benzene rings is 2. The third-order valence-electron chi connectivity index (χ3n) is 11.1. The van der Waals surface area contributed by atoms with Crippen molar-refractivity contribution in [3.8, 4) is 23.0 Å². The molecule has 0 aromatic heterocycles. The molecule has 7 atom stereocenters. The van der Waals surface area contributed by atoms with E-state index in [0.29, 0.717) is 35.2 Å². The van der Waals surface area contributed by atoms with Crippen molar-refractivity contribution in [2.24, 2.45) is 28.6 Å². The third kappa shape index (κ3) is 1.81. The number of fused-ring (bicyclic) bond motifs is 2. The number of ether oxygens (including phenoxy) is 2. The quantitative estimate of drug-likeness (QED) is 0.498. The Bertz CT molecular complexity index is 1290. The van der Waals surface area contributed by atoms with Crippen molar-refractivity contribution in [2.45, 2.75) is 76.9 Å². The molecule has 4 nitrogen and oxygen atoms in total. The van der Waals surface area contributed by atoms with Crippen LogP contribution >= 0.6 is 0 Å². The molecule has 33 heavy (non-hydrogen) atoms. The zero-order chi connectivity index (χ0) is 22.9. The highest BCUT2D eigenvalue weighted by atomic mass is 16.5. The minimum Gasteiger partial charge on any atom is -0.508 e. The fourth-order valence-electron chi connectivity index (χ4n) is 10.1. The normalized spacial score (nSPS) is 43.1. The number of hydrogen-bond donors (Lipinski definition) is 2. The Balaban J connectivity index is 1.59. The zero-order valence-corrected chi connectivity index (χ0v) is 20.0. The van der Waals surface area contributed by atoms with Crippen LogP contribution in [-0.4, -0.2) is 15.8 Å². The van der Waals surface area contributed by atoms with Gasteiger partial charge in [0.2, 0.25) is 0 Å². The van der Waals surface area contributed by atoms with Crippen molar-refractivity contribution < 1.29 is 19.7 Å². The molecule has 1 saturated heterocycles. The van der Waals surface area contributed by atoms with Crippen LogP contribution in [0.3, 0.4) is 0 Å². The van der Waals surface area contributed by atoms with Gasteiger partial charge in [-0.1, -0.05) is 27.7 Å². The van der Waals surface area contributed by atoms with Crippen molar-refractivity contribution >= 4 is 0 Å². The summed E-state index contributed by atoms with van der Waals surface area (Å²) in [5.74, 6) is 4.07. The summed E-state index contributed by atoms with van der Waals surface area (Å²) in [5, 5.41) is 21.4. The van der Waals surface area contributed by atoms with Gasteiger partial charge in [-0.25, -0.2) is 0 Å². The van der Waals surface area contributed by atoms with Crippen LogP contribution in [0.15, 0.2) is 24.3 Å². The van der Waals surface area contributed by atoms with Crippen LogP contribution in [0.4, 0.5) is 0 Å². The molecule has 3 fully saturated rings. The van der Waals surface area contributed by atoms with E-state index in [2.05, 4.69) is 34.6 Å². The van der Waals surface area contributed by atoms with Gasteiger partial charge >= 0.3 is 0 Å². The fourth-order valence-corrected chi connectivity index (χ4v) is 10.1. The summed E-state index contributed by atoms with van der Waals surface area (Å²) in [6, 6.07) is 7.42. The fraction of sp³-hybridized carbons (Fsp3) is 0.586. The van der Waals surface area contributed by atoms with Crippen LogP contribution < -0.4 is 4.74 Å². The van der Waals surface area contributed by atoms with Gasteiger partial charge in [-0.05, 0) is 83.9 Å². The van der Waals surface area contributed by atoms with Gasteiger partial charge in [0.05, 0.1) is 5.60 Å². The molecular weight excluding hydrogens is 412 g/mol. The number of phenols is 2. The SMILES string of the molecule is CC12CC3C4C(C1)C1(O2)c2ccc(O)cc2Oc2cc(O)c5c(c2C1C4(C)C)C(C5)C3(C)C. The molecule has 2 aromatic rings. The molecule has 6 aliphatic rings. The Kier molecular flexibility index (Phi) is 2.94. The van der Waals surface area contributed by atoms with Gasteiger partial charge in [0.1, 0.15) is 28.6 Å². The summed E-state index contributed by atoms with van der Waals surface area (Å²) in [6.07, 6.45) is 3.10. The molecule has 2 saturated carbocycles. The maximum Gasteiger partial charge on any atom is 0.137 e. The second-order valence-corrected chi connectivity index (χ2v) is 13.3. The Labute approximate surface area is 194 Å². The largest absolute Gasteiger partial charge is 0.508 e. The Morgan fingerprint density at radius 3 is 2.42 bits per heavy atom. The molecule has 2 heterocycles. The molecule has 172 valence electrons. The summed E-state index contributed by atoms with van der Waals surface area (Å²) in [4.78, 5) is 0. The minimum atomic E-state index is -0.475. The minimum absolute atomic E-state index is 0.0112. The molecule has 2 aromatic carbocycles. The molecule has 4 heteroatoms. The topological polar surface area (TPSA) is 58.9 Å². The van der Waals surface area contributed by atoms with Crippen molar-refractivity contribution in [3.63, 3.8) is 0 Å². The third-order valence-corrected chi connectivity index (χ3v) is 11.1. The second-order valence-electron chi connectivity index (χ2n) is 13.3. The van der Waals surface area contributed by atoms with E-state index < -0.39 is 5.60 Å². The van der Waals surface area contributed by atoms with Gasteiger partial charge in [0.25, 0.3) is 0 Å².